The van der Waals surface area contributed by atoms with Gasteiger partial charge >= 0.3 is 0 Å². The fourth-order valence-corrected chi connectivity index (χ4v) is 1.66. The molecule has 0 radical (unpaired) electrons. The highest BCUT2D eigenvalue weighted by Gasteiger charge is 2.24. The first kappa shape index (κ1) is 9.90. The van der Waals surface area contributed by atoms with E-state index in [0.717, 1.165) is 0 Å². The Labute approximate surface area is 87.8 Å². The fourth-order valence-electron chi connectivity index (χ4n) is 1.66. The predicted molar refractivity (Wildman–Crippen MR) is 57.8 cm³/mol. The van der Waals surface area contributed by atoms with Crippen molar-refractivity contribution >= 4 is 17.2 Å². The first-order valence-electron chi connectivity index (χ1n) is 4.91. The van der Waals surface area contributed by atoms with Crippen LogP contribution in [0.5, 0.6) is 0 Å². The van der Waals surface area contributed by atoms with E-state index in [1.807, 2.05) is 19.9 Å². The average molecular weight is 205 g/mol. The third-order valence-corrected chi connectivity index (χ3v) is 2.26. The zero-order valence-corrected chi connectivity index (χ0v) is 8.67. The second kappa shape index (κ2) is 3.50. The third kappa shape index (κ3) is 1.77. The number of hydrogen-bond donors (Lipinski definition) is 1. The van der Waals surface area contributed by atoms with Gasteiger partial charge in [-0.25, -0.2) is 4.39 Å². The van der Waals surface area contributed by atoms with Gasteiger partial charge in [-0.1, -0.05) is 19.9 Å². The lowest BCUT2D eigenvalue weighted by molar-refractivity contribution is -0.110. The lowest BCUT2D eigenvalue weighted by Crippen LogP contribution is -2.04. The molecule has 1 aliphatic rings. The highest BCUT2D eigenvalue weighted by Crippen LogP contribution is 2.32. The number of allylic oxidation sites excluding steroid dienone is 1. The van der Waals surface area contributed by atoms with Crippen LogP contribution in [0.3, 0.4) is 0 Å². The van der Waals surface area contributed by atoms with Crippen molar-refractivity contribution in [3.8, 4) is 0 Å². The molecule has 15 heavy (non-hydrogen) atoms. The Hall–Kier alpha value is -1.64. The number of benzene rings is 1. The number of fused-ring (bicyclic) bond motifs is 1. The number of carbonyl (C=O) groups excluding carboxylic acids is 1. The van der Waals surface area contributed by atoms with Crippen LogP contribution in [0.25, 0.3) is 5.57 Å². The quantitative estimate of drug-likeness (QED) is 0.702. The van der Waals surface area contributed by atoms with Crippen molar-refractivity contribution in [1.82, 2.24) is 0 Å². The van der Waals surface area contributed by atoms with Gasteiger partial charge in [-0.3, -0.25) is 4.79 Å². The first-order chi connectivity index (χ1) is 7.08. The van der Waals surface area contributed by atoms with E-state index in [-0.39, 0.29) is 17.6 Å². The van der Waals surface area contributed by atoms with Gasteiger partial charge in [-0.2, -0.15) is 0 Å². The summed E-state index contributed by atoms with van der Waals surface area (Å²) in [5.74, 6) is -0.204. The van der Waals surface area contributed by atoms with Crippen LogP contribution in [-0.4, -0.2) is 5.91 Å². The number of anilines is 1. The zero-order valence-electron chi connectivity index (χ0n) is 8.67. The summed E-state index contributed by atoms with van der Waals surface area (Å²) in [6.45, 7) is 3.97. The minimum absolute atomic E-state index is 0.149. The molecule has 1 amide bonds. The van der Waals surface area contributed by atoms with Crippen molar-refractivity contribution in [2.24, 2.45) is 5.92 Å². The van der Waals surface area contributed by atoms with Gasteiger partial charge in [-0.15, -0.1) is 0 Å². The summed E-state index contributed by atoms with van der Waals surface area (Å²) in [5, 5.41) is 2.71. The van der Waals surface area contributed by atoms with Crippen LogP contribution in [-0.2, 0) is 4.79 Å². The van der Waals surface area contributed by atoms with E-state index in [1.165, 1.54) is 12.1 Å². The van der Waals surface area contributed by atoms with Crippen molar-refractivity contribution in [3.63, 3.8) is 0 Å². The summed E-state index contributed by atoms with van der Waals surface area (Å²) in [7, 11) is 0. The lowest BCUT2D eigenvalue weighted by Gasteiger charge is -2.00. The topological polar surface area (TPSA) is 29.1 Å². The van der Waals surface area contributed by atoms with E-state index in [2.05, 4.69) is 5.32 Å². The van der Waals surface area contributed by atoms with E-state index in [1.54, 1.807) is 6.07 Å². The number of halogens is 1. The first-order valence-corrected chi connectivity index (χ1v) is 4.91. The Kier molecular flexibility index (Phi) is 2.31. The van der Waals surface area contributed by atoms with Crippen LogP contribution in [0.4, 0.5) is 10.1 Å². The summed E-state index contributed by atoms with van der Waals surface area (Å²) in [5.41, 5.74) is 1.92. The normalized spacial score (nSPS) is 17.1. The Morgan fingerprint density at radius 2 is 2.13 bits per heavy atom. The number of rotatable bonds is 1. The van der Waals surface area contributed by atoms with Crippen LogP contribution < -0.4 is 5.32 Å². The van der Waals surface area contributed by atoms with Gasteiger partial charge in [-0.05, 0) is 24.1 Å². The molecule has 0 atom stereocenters. The predicted octanol–water partition coefficient (Wildman–Crippen LogP) is 2.82. The third-order valence-electron chi connectivity index (χ3n) is 2.26. The smallest absolute Gasteiger partial charge is 0.256 e. The molecule has 0 spiro atoms. The summed E-state index contributed by atoms with van der Waals surface area (Å²) >= 11 is 0. The van der Waals surface area contributed by atoms with Gasteiger partial charge in [0.1, 0.15) is 5.82 Å². The number of nitrogens with one attached hydrogen (secondary N) is 1. The van der Waals surface area contributed by atoms with Gasteiger partial charge < -0.3 is 5.32 Å². The van der Waals surface area contributed by atoms with Crippen LogP contribution in [0.1, 0.15) is 19.4 Å². The average Bonchev–Trinajstić information content (AvgIpc) is 2.43. The van der Waals surface area contributed by atoms with E-state index < -0.39 is 0 Å². The van der Waals surface area contributed by atoms with Crippen LogP contribution in [0.15, 0.2) is 24.3 Å². The van der Waals surface area contributed by atoms with E-state index >= 15 is 0 Å². The molecule has 2 nitrogen and oxygen atoms in total. The second-order valence-corrected chi connectivity index (χ2v) is 3.97. The molecular weight excluding hydrogens is 193 g/mol. The molecule has 1 N–H and O–H groups in total. The van der Waals surface area contributed by atoms with Crippen molar-refractivity contribution in [2.75, 3.05) is 5.32 Å². The Bertz CT molecular complexity index is 449. The SMILES string of the molecule is CC(C)/C=C1\C(=O)Nc2ccc(F)cc21. The Morgan fingerprint density at radius 1 is 1.40 bits per heavy atom. The maximum atomic E-state index is 13.0. The standard InChI is InChI=1S/C12H12FNO/c1-7(2)5-10-9-6-8(13)3-4-11(9)14-12(10)15/h3-7H,1-2H3,(H,14,15)/b10-5-. The molecule has 0 aromatic heterocycles. The molecule has 1 aromatic rings. The van der Waals surface area contributed by atoms with Crippen molar-refractivity contribution < 1.29 is 9.18 Å². The maximum absolute atomic E-state index is 13.0. The fraction of sp³-hybridized carbons (Fsp3) is 0.250. The van der Waals surface area contributed by atoms with E-state index in [4.69, 9.17) is 0 Å². The Morgan fingerprint density at radius 3 is 2.80 bits per heavy atom. The van der Waals surface area contributed by atoms with Crippen LogP contribution >= 0.6 is 0 Å². The molecule has 0 saturated carbocycles. The summed E-state index contributed by atoms with van der Waals surface area (Å²) in [6.07, 6.45) is 1.85. The minimum atomic E-state index is -0.320. The molecule has 1 aromatic carbocycles. The zero-order chi connectivity index (χ0) is 11.0. The highest BCUT2D eigenvalue weighted by atomic mass is 19.1. The van der Waals surface area contributed by atoms with Crippen molar-refractivity contribution in [2.45, 2.75) is 13.8 Å². The number of amides is 1. The second-order valence-electron chi connectivity index (χ2n) is 3.97. The molecule has 3 heteroatoms. The molecule has 0 unspecified atom stereocenters. The summed E-state index contributed by atoms with van der Waals surface area (Å²) in [6, 6.07) is 4.32. The molecule has 78 valence electrons. The van der Waals surface area contributed by atoms with Crippen molar-refractivity contribution in [3.05, 3.63) is 35.7 Å². The Balaban J connectivity index is 2.53. The molecular formula is C12H12FNO. The van der Waals surface area contributed by atoms with Crippen LogP contribution in [0, 0.1) is 11.7 Å². The van der Waals surface area contributed by atoms with E-state index in [0.29, 0.717) is 16.8 Å². The lowest BCUT2D eigenvalue weighted by atomic mass is 10.0. The van der Waals surface area contributed by atoms with Crippen LogP contribution in [0.2, 0.25) is 0 Å². The monoisotopic (exact) mass is 205 g/mol. The summed E-state index contributed by atoms with van der Waals surface area (Å²) < 4.78 is 13.0. The van der Waals surface area contributed by atoms with Crippen molar-refractivity contribution in [1.29, 1.82) is 0 Å². The summed E-state index contributed by atoms with van der Waals surface area (Å²) in [4.78, 5) is 11.6. The molecule has 0 saturated heterocycles. The molecule has 0 aliphatic carbocycles. The largest absolute Gasteiger partial charge is 0.321 e. The minimum Gasteiger partial charge on any atom is -0.321 e. The van der Waals surface area contributed by atoms with Gasteiger partial charge in [0.15, 0.2) is 0 Å². The number of carbonyl (C=O) groups is 1. The van der Waals surface area contributed by atoms with Gasteiger partial charge in [0.05, 0.1) is 0 Å². The molecule has 0 bridgehead atoms. The van der Waals surface area contributed by atoms with E-state index in [9.17, 15) is 9.18 Å². The highest BCUT2D eigenvalue weighted by molar-refractivity contribution is 6.31. The molecule has 2 rings (SSSR count). The maximum Gasteiger partial charge on any atom is 0.256 e. The number of hydrogen-bond acceptors (Lipinski definition) is 1. The molecule has 0 fully saturated rings. The molecule has 1 heterocycles. The van der Waals surface area contributed by atoms with Gasteiger partial charge in [0.2, 0.25) is 0 Å². The molecule has 1 aliphatic heterocycles. The van der Waals surface area contributed by atoms with Gasteiger partial charge in [0.25, 0.3) is 5.91 Å². The van der Waals surface area contributed by atoms with Gasteiger partial charge in [0, 0.05) is 16.8 Å².